The Balaban J connectivity index is 0.000000598. The van der Waals surface area contributed by atoms with Crippen LogP contribution in [0.1, 0.15) is 86.2 Å². The third-order valence-corrected chi connectivity index (χ3v) is 8.17. The number of hydrogen-bond acceptors (Lipinski definition) is 6. The summed E-state index contributed by atoms with van der Waals surface area (Å²) in [4.78, 5) is 39.5. The first-order chi connectivity index (χ1) is 23.3. The quantitative estimate of drug-likeness (QED) is 0.0900. The van der Waals surface area contributed by atoms with Crippen molar-refractivity contribution in [3.8, 4) is 0 Å². The number of aryl methyl sites for hydroxylation is 1. The summed E-state index contributed by atoms with van der Waals surface area (Å²) in [5.41, 5.74) is 2.80. The van der Waals surface area contributed by atoms with Crippen molar-refractivity contribution in [1.29, 1.82) is 0 Å². The molecule has 258 valence electrons. The van der Waals surface area contributed by atoms with Crippen LogP contribution in [-0.4, -0.2) is 60.0 Å². The van der Waals surface area contributed by atoms with Gasteiger partial charge in [-0.15, -0.1) is 0 Å². The van der Waals surface area contributed by atoms with Gasteiger partial charge in [0, 0.05) is 18.8 Å². The van der Waals surface area contributed by atoms with E-state index in [1.165, 1.54) is 24.6 Å². The molecular weight excluding hydrogens is 613 g/mol. The molecule has 2 unspecified atom stereocenters. The van der Waals surface area contributed by atoms with Crippen molar-refractivity contribution >= 4 is 29.5 Å². The second kappa shape index (κ2) is 21.5. The van der Waals surface area contributed by atoms with Crippen molar-refractivity contribution in [3.63, 3.8) is 0 Å². The molecule has 48 heavy (non-hydrogen) atoms. The van der Waals surface area contributed by atoms with Crippen LogP contribution < -0.4 is 5.32 Å². The van der Waals surface area contributed by atoms with Crippen LogP contribution in [0.15, 0.2) is 77.8 Å². The molecule has 10 heteroatoms. The average Bonchev–Trinajstić information content (AvgIpc) is 3.07. The lowest BCUT2D eigenvalue weighted by Crippen LogP contribution is -2.39. The molecule has 2 atom stereocenters. The van der Waals surface area contributed by atoms with Crippen LogP contribution in [0, 0.1) is 12.7 Å². The van der Waals surface area contributed by atoms with Gasteiger partial charge < -0.3 is 24.8 Å². The fourth-order valence-electron chi connectivity index (χ4n) is 5.64. The highest BCUT2D eigenvalue weighted by Crippen LogP contribution is 2.26. The molecule has 0 aromatic heterocycles. The van der Waals surface area contributed by atoms with Gasteiger partial charge >= 0.3 is 12.0 Å². The number of carboxylic acid groups (broad SMARTS) is 1. The van der Waals surface area contributed by atoms with Crippen LogP contribution in [-0.2, 0) is 20.9 Å². The Hall–Kier alpha value is -4.37. The van der Waals surface area contributed by atoms with Crippen LogP contribution >= 0.6 is 0 Å². The summed E-state index contributed by atoms with van der Waals surface area (Å²) in [5.74, 6) is -1.33. The summed E-state index contributed by atoms with van der Waals surface area (Å²) >= 11 is 0. The maximum atomic E-state index is 13.6. The highest BCUT2D eigenvalue weighted by atomic mass is 19.1. The fourth-order valence-corrected chi connectivity index (χ4v) is 5.64. The minimum Gasteiger partial charge on any atom is -0.478 e. The highest BCUT2D eigenvalue weighted by molar-refractivity contribution is 5.91. The summed E-state index contributed by atoms with van der Waals surface area (Å²) in [5, 5.41) is 12.4. The Kier molecular flexibility index (Phi) is 17.1. The molecule has 0 bridgehead atoms. The molecule has 0 radical (unpaired) electrons. The SMILES string of the molecule is CCCCCCCN(CCOC1CCCC(OCc2cccc(C)c2C(=O)O)C1)C(=O)Nc1cccc(F)c1.O=C=Nc1ccccc1. The van der Waals surface area contributed by atoms with Gasteiger partial charge in [0.05, 0.1) is 36.7 Å². The molecule has 0 aliphatic heterocycles. The number of para-hydroxylation sites is 1. The number of carbonyl (C=O) groups excluding carboxylic acids is 2. The molecule has 1 aliphatic carbocycles. The first-order valence-electron chi connectivity index (χ1n) is 16.8. The van der Waals surface area contributed by atoms with Gasteiger partial charge in [-0.3, -0.25) is 0 Å². The number of nitrogens with one attached hydrogen (secondary N) is 1. The molecule has 4 rings (SSSR count). The van der Waals surface area contributed by atoms with Gasteiger partial charge in [-0.05, 0) is 80.5 Å². The van der Waals surface area contributed by atoms with E-state index in [-0.39, 0.29) is 24.8 Å². The maximum absolute atomic E-state index is 13.6. The fraction of sp³-hybridized carbons (Fsp3) is 0.447. The van der Waals surface area contributed by atoms with Crippen molar-refractivity contribution in [2.75, 3.05) is 25.0 Å². The Morgan fingerprint density at radius 2 is 1.69 bits per heavy atom. The standard InChI is InChI=1S/C31H43FN2O5.C7H5NO/c1-3-4-5-6-7-17-34(31(37)33-26-14-9-13-25(32)20-26)18-19-38-27-15-10-16-28(21-27)39-22-24-12-8-11-23(2)29(24)30(35)36;9-6-8-7-4-2-1-3-5-7/h8-9,11-14,20,27-28H,3-7,10,15-19,21-22H2,1-2H3,(H,33,37)(H,35,36);1-5H. The van der Waals surface area contributed by atoms with Gasteiger partial charge in [0.2, 0.25) is 6.08 Å². The minimum atomic E-state index is -0.937. The first kappa shape index (κ1) is 38.1. The van der Waals surface area contributed by atoms with Crippen molar-refractivity contribution in [3.05, 3.63) is 95.3 Å². The number of halogens is 1. The summed E-state index contributed by atoms with van der Waals surface area (Å²) in [6, 6.07) is 20.1. The summed E-state index contributed by atoms with van der Waals surface area (Å²) < 4.78 is 25.9. The molecule has 1 saturated carbocycles. The molecule has 9 nitrogen and oxygen atoms in total. The molecule has 2 amide bonds. The third-order valence-electron chi connectivity index (χ3n) is 8.17. The van der Waals surface area contributed by atoms with Gasteiger partial charge in [-0.2, -0.15) is 4.99 Å². The number of carboxylic acids is 1. The van der Waals surface area contributed by atoms with Gasteiger partial charge in [0.25, 0.3) is 0 Å². The van der Waals surface area contributed by atoms with Crippen molar-refractivity contribution in [2.24, 2.45) is 4.99 Å². The third kappa shape index (κ3) is 13.8. The lowest BCUT2D eigenvalue weighted by atomic mass is 9.94. The number of unbranched alkanes of at least 4 members (excludes halogenated alkanes) is 4. The molecule has 0 saturated heterocycles. The molecule has 3 aromatic rings. The van der Waals surface area contributed by atoms with Gasteiger partial charge in [0.15, 0.2) is 0 Å². The van der Waals surface area contributed by atoms with E-state index < -0.39 is 11.8 Å². The summed E-state index contributed by atoms with van der Waals surface area (Å²) in [7, 11) is 0. The van der Waals surface area contributed by atoms with Gasteiger partial charge in [-0.1, -0.05) is 75.1 Å². The second-order valence-electron chi connectivity index (χ2n) is 11.9. The number of carbonyl (C=O) groups is 2. The zero-order valence-electron chi connectivity index (χ0n) is 28.0. The Bertz CT molecular complexity index is 1460. The first-order valence-corrected chi connectivity index (χ1v) is 16.8. The number of ether oxygens (including phenoxy) is 2. The van der Waals surface area contributed by atoms with Crippen molar-refractivity contribution in [1.82, 2.24) is 4.90 Å². The predicted molar refractivity (Wildman–Crippen MR) is 185 cm³/mol. The number of hydrogen-bond donors (Lipinski definition) is 2. The maximum Gasteiger partial charge on any atom is 0.336 e. The predicted octanol–water partition coefficient (Wildman–Crippen LogP) is 8.84. The molecule has 1 aliphatic rings. The van der Waals surface area contributed by atoms with Gasteiger partial charge in [0.1, 0.15) is 5.82 Å². The number of isocyanates is 1. The number of anilines is 1. The Labute approximate surface area is 283 Å². The zero-order valence-corrected chi connectivity index (χ0v) is 28.0. The molecule has 3 aromatic carbocycles. The molecule has 0 spiro atoms. The summed E-state index contributed by atoms with van der Waals surface area (Å²) in [6.45, 7) is 5.70. The van der Waals surface area contributed by atoms with Crippen molar-refractivity contribution in [2.45, 2.75) is 90.4 Å². The number of benzene rings is 3. The van der Waals surface area contributed by atoms with Crippen LogP contribution in [0.4, 0.5) is 20.6 Å². The number of nitrogens with zero attached hydrogens (tertiary/aromatic N) is 2. The van der Waals surface area contributed by atoms with E-state index in [9.17, 15) is 23.9 Å². The molecular formula is C38H48FN3O6. The lowest BCUT2D eigenvalue weighted by Gasteiger charge is -2.30. The highest BCUT2D eigenvalue weighted by Gasteiger charge is 2.24. The van der Waals surface area contributed by atoms with Crippen LogP contribution in [0.25, 0.3) is 0 Å². The van der Waals surface area contributed by atoms with Crippen molar-refractivity contribution < 1.29 is 33.4 Å². The van der Waals surface area contributed by atoms with E-state index in [0.29, 0.717) is 42.2 Å². The van der Waals surface area contributed by atoms with Crippen LogP contribution in [0.2, 0.25) is 0 Å². The van der Waals surface area contributed by atoms with E-state index >= 15 is 0 Å². The van der Waals surface area contributed by atoms with E-state index in [0.717, 1.165) is 56.9 Å². The van der Waals surface area contributed by atoms with E-state index in [2.05, 4.69) is 17.2 Å². The minimum absolute atomic E-state index is 0.00292. The smallest absolute Gasteiger partial charge is 0.336 e. The Morgan fingerprint density at radius 1 is 0.958 bits per heavy atom. The topological polar surface area (TPSA) is 118 Å². The monoisotopic (exact) mass is 661 g/mol. The molecule has 0 heterocycles. The number of amides is 2. The van der Waals surface area contributed by atoms with Crippen LogP contribution in [0.3, 0.4) is 0 Å². The average molecular weight is 662 g/mol. The van der Waals surface area contributed by atoms with E-state index in [1.807, 2.05) is 24.3 Å². The largest absolute Gasteiger partial charge is 0.478 e. The normalized spacial score (nSPS) is 15.4. The van der Waals surface area contributed by atoms with E-state index in [1.54, 1.807) is 48.2 Å². The lowest BCUT2D eigenvalue weighted by molar-refractivity contribution is -0.0523. The zero-order chi connectivity index (χ0) is 34.6. The number of aromatic carboxylic acids is 1. The van der Waals surface area contributed by atoms with Gasteiger partial charge in [-0.25, -0.2) is 18.8 Å². The second-order valence-corrected chi connectivity index (χ2v) is 11.9. The summed E-state index contributed by atoms with van der Waals surface area (Å²) in [6.07, 6.45) is 10.5. The molecule has 1 fully saturated rings. The van der Waals surface area contributed by atoms with E-state index in [4.69, 9.17) is 9.47 Å². The molecule has 2 N–H and O–H groups in total. The Morgan fingerprint density at radius 3 is 2.40 bits per heavy atom. The van der Waals surface area contributed by atoms with Crippen LogP contribution in [0.5, 0.6) is 0 Å². The number of rotatable bonds is 16. The number of aliphatic imine (C=N–C) groups is 1. The number of urea groups is 1.